The van der Waals surface area contributed by atoms with E-state index in [1.165, 1.54) is 4.90 Å². The quantitative estimate of drug-likeness (QED) is 0.893. The second kappa shape index (κ2) is 7.11. The first kappa shape index (κ1) is 15.4. The van der Waals surface area contributed by atoms with Crippen LogP contribution < -0.4 is 5.32 Å². The second-order valence-corrected chi connectivity index (χ2v) is 5.58. The Labute approximate surface area is 125 Å². The van der Waals surface area contributed by atoms with Gasteiger partial charge in [-0.05, 0) is 38.2 Å². The molecule has 2 N–H and O–H groups in total. The Hall–Kier alpha value is -2.04. The van der Waals surface area contributed by atoms with Crippen molar-refractivity contribution in [2.24, 2.45) is 0 Å². The fourth-order valence-electron chi connectivity index (χ4n) is 2.74. The smallest absolute Gasteiger partial charge is 0.326 e. The molecule has 1 saturated heterocycles. The summed E-state index contributed by atoms with van der Waals surface area (Å²) in [6.45, 7) is 2.45. The fourth-order valence-corrected chi connectivity index (χ4v) is 2.74. The van der Waals surface area contributed by atoms with Crippen LogP contribution in [-0.2, 0) is 11.2 Å². The van der Waals surface area contributed by atoms with Crippen molar-refractivity contribution in [3.05, 3.63) is 35.9 Å². The Morgan fingerprint density at radius 2 is 2.05 bits per heavy atom. The highest BCUT2D eigenvalue weighted by Crippen LogP contribution is 2.17. The van der Waals surface area contributed by atoms with Crippen molar-refractivity contribution < 1.29 is 14.7 Å². The number of aliphatic carboxylic acids is 1. The van der Waals surface area contributed by atoms with Crippen LogP contribution in [0.1, 0.15) is 31.7 Å². The largest absolute Gasteiger partial charge is 0.480 e. The molecule has 1 aliphatic heterocycles. The van der Waals surface area contributed by atoms with Gasteiger partial charge in [0.15, 0.2) is 0 Å². The number of urea groups is 1. The molecule has 114 valence electrons. The maximum atomic E-state index is 12.3. The third-order valence-corrected chi connectivity index (χ3v) is 3.80. The number of nitrogens with one attached hydrogen (secondary N) is 1. The van der Waals surface area contributed by atoms with E-state index in [2.05, 4.69) is 5.32 Å². The summed E-state index contributed by atoms with van der Waals surface area (Å²) in [7, 11) is 0. The summed E-state index contributed by atoms with van der Waals surface area (Å²) in [6.07, 6.45) is 3.00. The van der Waals surface area contributed by atoms with E-state index >= 15 is 0 Å². The number of benzene rings is 1. The number of carboxylic acid groups (broad SMARTS) is 1. The van der Waals surface area contributed by atoms with E-state index in [0.717, 1.165) is 24.8 Å². The molecule has 0 radical (unpaired) electrons. The van der Waals surface area contributed by atoms with Gasteiger partial charge in [0.05, 0.1) is 0 Å². The Morgan fingerprint density at radius 3 is 2.71 bits per heavy atom. The summed E-state index contributed by atoms with van der Waals surface area (Å²) in [6, 6.07) is 8.93. The predicted octanol–water partition coefficient (Wildman–Crippen LogP) is 2.27. The lowest BCUT2D eigenvalue weighted by molar-refractivity contribution is -0.143. The van der Waals surface area contributed by atoms with Gasteiger partial charge in [0, 0.05) is 12.6 Å². The molecular formula is C16H22N2O3. The minimum atomic E-state index is -0.916. The van der Waals surface area contributed by atoms with E-state index in [1.807, 2.05) is 37.3 Å². The van der Waals surface area contributed by atoms with Gasteiger partial charge in [0.25, 0.3) is 0 Å². The molecule has 0 aliphatic carbocycles. The Kier molecular flexibility index (Phi) is 5.20. The molecule has 1 aromatic carbocycles. The van der Waals surface area contributed by atoms with Crippen LogP contribution in [0.4, 0.5) is 4.79 Å². The lowest BCUT2D eigenvalue weighted by Gasteiger charge is -2.33. The summed E-state index contributed by atoms with van der Waals surface area (Å²) < 4.78 is 0. The van der Waals surface area contributed by atoms with Gasteiger partial charge in [0.1, 0.15) is 6.04 Å². The number of piperidine rings is 1. The van der Waals surface area contributed by atoms with Gasteiger partial charge < -0.3 is 15.3 Å². The highest BCUT2D eigenvalue weighted by atomic mass is 16.4. The average Bonchev–Trinajstić information content (AvgIpc) is 2.48. The van der Waals surface area contributed by atoms with E-state index in [-0.39, 0.29) is 12.1 Å². The maximum absolute atomic E-state index is 12.3. The number of carboxylic acids is 1. The number of carbonyl (C=O) groups is 2. The fraction of sp³-hybridized carbons (Fsp3) is 0.500. The zero-order valence-corrected chi connectivity index (χ0v) is 12.3. The Balaban J connectivity index is 1.91. The number of likely N-dealkylation sites (tertiary alicyclic amines) is 1. The summed E-state index contributed by atoms with van der Waals surface area (Å²) in [5.41, 5.74) is 1.15. The van der Waals surface area contributed by atoms with Gasteiger partial charge in [-0.25, -0.2) is 9.59 Å². The standard InChI is InChI=1S/C16H22N2O3/c1-12(11-13-7-3-2-4-8-13)17-16(21)18-10-6-5-9-14(18)15(19)20/h2-4,7-8,12,14H,5-6,9-11H2,1H3,(H,17,21)(H,19,20). The van der Waals surface area contributed by atoms with Crippen LogP contribution in [0, 0.1) is 0 Å². The van der Waals surface area contributed by atoms with Crippen molar-refractivity contribution in [3.8, 4) is 0 Å². The van der Waals surface area contributed by atoms with Crippen molar-refractivity contribution in [2.75, 3.05) is 6.54 Å². The molecule has 2 unspecified atom stereocenters. The molecule has 1 aromatic rings. The van der Waals surface area contributed by atoms with E-state index in [1.54, 1.807) is 0 Å². The van der Waals surface area contributed by atoms with Crippen LogP contribution in [0.25, 0.3) is 0 Å². The van der Waals surface area contributed by atoms with Crippen molar-refractivity contribution >= 4 is 12.0 Å². The molecule has 0 spiro atoms. The van der Waals surface area contributed by atoms with E-state index < -0.39 is 12.0 Å². The van der Waals surface area contributed by atoms with Gasteiger partial charge in [-0.3, -0.25) is 0 Å². The summed E-state index contributed by atoms with van der Waals surface area (Å²) in [5, 5.41) is 12.1. The third kappa shape index (κ3) is 4.21. The average molecular weight is 290 g/mol. The second-order valence-electron chi connectivity index (χ2n) is 5.58. The third-order valence-electron chi connectivity index (χ3n) is 3.80. The number of hydrogen-bond donors (Lipinski definition) is 2. The SMILES string of the molecule is CC(Cc1ccccc1)NC(=O)N1CCCCC1C(=O)O. The molecule has 1 fully saturated rings. The normalized spacial score (nSPS) is 19.9. The van der Waals surface area contributed by atoms with Crippen LogP contribution >= 0.6 is 0 Å². The van der Waals surface area contributed by atoms with Crippen LogP contribution in [-0.4, -0.2) is 40.6 Å². The molecule has 2 amide bonds. The molecule has 1 heterocycles. The molecule has 5 heteroatoms. The Bertz CT molecular complexity index is 490. The molecule has 2 rings (SSSR count). The minimum Gasteiger partial charge on any atom is -0.480 e. The van der Waals surface area contributed by atoms with Crippen molar-refractivity contribution in [3.63, 3.8) is 0 Å². The molecule has 5 nitrogen and oxygen atoms in total. The predicted molar refractivity (Wildman–Crippen MR) is 80.1 cm³/mol. The molecular weight excluding hydrogens is 268 g/mol. The highest BCUT2D eigenvalue weighted by molar-refractivity contribution is 5.83. The first-order chi connectivity index (χ1) is 10.1. The molecule has 0 aromatic heterocycles. The summed E-state index contributed by atoms with van der Waals surface area (Å²) >= 11 is 0. The highest BCUT2D eigenvalue weighted by Gasteiger charge is 2.32. The molecule has 21 heavy (non-hydrogen) atoms. The lowest BCUT2D eigenvalue weighted by atomic mass is 10.0. The number of nitrogens with zero attached hydrogens (tertiary/aromatic N) is 1. The molecule has 0 saturated carbocycles. The monoisotopic (exact) mass is 290 g/mol. The van der Waals surface area contributed by atoms with Gasteiger partial charge in [-0.2, -0.15) is 0 Å². The van der Waals surface area contributed by atoms with Gasteiger partial charge in [-0.1, -0.05) is 30.3 Å². The molecule has 2 atom stereocenters. The first-order valence-corrected chi connectivity index (χ1v) is 7.42. The van der Waals surface area contributed by atoms with E-state index in [4.69, 9.17) is 0 Å². The topological polar surface area (TPSA) is 69.6 Å². The van der Waals surface area contributed by atoms with Crippen molar-refractivity contribution in [2.45, 2.75) is 44.7 Å². The lowest BCUT2D eigenvalue weighted by Crippen LogP contribution is -2.53. The number of hydrogen-bond acceptors (Lipinski definition) is 2. The zero-order valence-electron chi connectivity index (χ0n) is 12.3. The number of amides is 2. The Morgan fingerprint density at radius 1 is 1.33 bits per heavy atom. The maximum Gasteiger partial charge on any atom is 0.326 e. The first-order valence-electron chi connectivity index (χ1n) is 7.42. The number of carbonyl (C=O) groups excluding carboxylic acids is 1. The van der Waals surface area contributed by atoms with Gasteiger partial charge in [-0.15, -0.1) is 0 Å². The van der Waals surface area contributed by atoms with Gasteiger partial charge >= 0.3 is 12.0 Å². The van der Waals surface area contributed by atoms with Crippen LogP contribution in [0.5, 0.6) is 0 Å². The minimum absolute atomic E-state index is 0.0312. The van der Waals surface area contributed by atoms with Crippen molar-refractivity contribution in [1.82, 2.24) is 10.2 Å². The number of rotatable bonds is 4. The summed E-state index contributed by atoms with van der Waals surface area (Å²) in [5.74, 6) is -0.916. The zero-order chi connectivity index (χ0) is 15.2. The van der Waals surface area contributed by atoms with Crippen LogP contribution in [0.15, 0.2) is 30.3 Å². The van der Waals surface area contributed by atoms with Crippen LogP contribution in [0.2, 0.25) is 0 Å². The van der Waals surface area contributed by atoms with Crippen molar-refractivity contribution in [1.29, 1.82) is 0 Å². The van der Waals surface area contributed by atoms with Crippen LogP contribution in [0.3, 0.4) is 0 Å². The van der Waals surface area contributed by atoms with E-state index in [0.29, 0.717) is 13.0 Å². The van der Waals surface area contributed by atoms with E-state index in [9.17, 15) is 14.7 Å². The molecule has 0 bridgehead atoms. The summed E-state index contributed by atoms with van der Waals surface area (Å²) in [4.78, 5) is 24.9. The van der Waals surface area contributed by atoms with Gasteiger partial charge in [0.2, 0.25) is 0 Å². The molecule has 1 aliphatic rings.